The Balaban J connectivity index is 1.85. The first-order valence-electron chi connectivity index (χ1n) is 6.20. The van der Waals surface area contributed by atoms with E-state index in [-0.39, 0.29) is 11.9 Å². The normalized spacial score (nSPS) is 24.1. The van der Waals surface area contributed by atoms with E-state index in [1.54, 1.807) is 0 Å². The van der Waals surface area contributed by atoms with Crippen LogP contribution in [0.2, 0.25) is 0 Å². The first-order valence-corrected chi connectivity index (χ1v) is 6.20. The van der Waals surface area contributed by atoms with Crippen LogP contribution in [0.3, 0.4) is 0 Å². The molecule has 0 spiro atoms. The Morgan fingerprint density at radius 3 is 2.62 bits per heavy atom. The average Bonchev–Trinajstić information content (AvgIpc) is 3.14. The smallest absolute Gasteiger partial charge is 0.310 e. The lowest BCUT2D eigenvalue weighted by molar-refractivity contribution is -0.148. The number of hydrogen-bond donors (Lipinski definition) is 1. The summed E-state index contributed by atoms with van der Waals surface area (Å²) in [5, 5.41) is 3.43. The number of rotatable bonds is 5. The molecule has 4 heteroatoms. The number of carbonyl (C=O) groups is 1. The summed E-state index contributed by atoms with van der Waals surface area (Å²) in [6, 6.07) is 0.645. The highest BCUT2D eigenvalue weighted by atomic mass is 16.5. The molecule has 92 valence electrons. The molecule has 0 radical (unpaired) electrons. The minimum atomic E-state index is -0.0694. The lowest BCUT2D eigenvalue weighted by Crippen LogP contribution is -2.38. The molecule has 1 unspecified atom stereocenters. The zero-order chi connectivity index (χ0) is 11.4. The van der Waals surface area contributed by atoms with Gasteiger partial charge in [-0.25, -0.2) is 0 Å². The predicted octanol–water partition coefficient (Wildman–Crippen LogP) is 0.954. The molecule has 2 fully saturated rings. The quantitative estimate of drug-likeness (QED) is 0.711. The Bertz CT molecular complexity index is 234. The lowest BCUT2D eigenvalue weighted by Gasteiger charge is -2.28. The van der Waals surface area contributed by atoms with E-state index in [0.29, 0.717) is 12.0 Å². The maximum Gasteiger partial charge on any atom is 0.310 e. The van der Waals surface area contributed by atoms with Gasteiger partial charge in [0.05, 0.1) is 13.0 Å². The van der Waals surface area contributed by atoms with E-state index in [2.05, 4.69) is 5.32 Å². The van der Waals surface area contributed by atoms with Crippen LogP contribution < -0.4 is 5.32 Å². The second kappa shape index (κ2) is 5.64. The second-order valence-electron chi connectivity index (χ2n) is 4.76. The fourth-order valence-electron chi connectivity index (χ4n) is 2.29. The number of ether oxygens (including phenoxy) is 2. The molecular formula is C12H21NO3. The van der Waals surface area contributed by atoms with Crippen molar-refractivity contribution in [3.63, 3.8) is 0 Å². The minimum Gasteiger partial charge on any atom is -0.469 e. The first-order chi connectivity index (χ1) is 7.81. The van der Waals surface area contributed by atoms with Crippen LogP contribution in [-0.4, -0.2) is 38.9 Å². The zero-order valence-electron chi connectivity index (χ0n) is 9.91. The molecule has 1 atom stereocenters. The predicted molar refractivity (Wildman–Crippen MR) is 60.1 cm³/mol. The summed E-state index contributed by atoms with van der Waals surface area (Å²) in [4.78, 5) is 11.7. The third kappa shape index (κ3) is 3.19. The highest BCUT2D eigenvalue weighted by molar-refractivity contribution is 5.72. The molecule has 0 amide bonds. The first kappa shape index (κ1) is 11.9. The SMILES string of the molecule is COC(=O)C(CNC1CC1)C1CCOCC1. The van der Waals surface area contributed by atoms with E-state index in [1.165, 1.54) is 20.0 Å². The van der Waals surface area contributed by atoms with Crippen molar-refractivity contribution in [1.29, 1.82) is 0 Å². The molecule has 2 aliphatic rings. The van der Waals surface area contributed by atoms with Crippen LogP contribution in [0, 0.1) is 11.8 Å². The molecule has 1 saturated carbocycles. The summed E-state index contributed by atoms with van der Waals surface area (Å²) in [6.07, 6.45) is 4.46. The highest BCUT2D eigenvalue weighted by Crippen LogP contribution is 2.26. The maximum absolute atomic E-state index is 11.7. The van der Waals surface area contributed by atoms with E-state index >= 15 is 0 Å². The maximum atomic E-state index is 11.7. The van der Waals surface area contributed by atoms with E-state index in [4.69, 9.17) is 9.47 Å². The van der Waals surface area contributed by atoms with Crippen LogP contribution in [0.15, 0.2) is 0 Å². The molecule has 4 nitrogen and oxygen atoms in total. The molecule has 1 aliphatic carbocycles. The molecule has 1 N–H and O–H groups in total. The fourth-order valence-corrected chi connectivity index (χ4v) is 2.29. The Labute approximate surface area is 96.7 Å². The molecule has 1 saturated heterocycles. The van der Waals surface area contributed by atoms with Gasteiger partial charge in [0.15, 0.2) is 0 Å². The number of hydrogen-bond acceptors (Lipinski definition) is 4. The van der Waals surface area contributed by atoms with Gasteiger partial charge >= 0.3 is 5.97 Å². The van der Waals surface area contributed by atoms with Crippen LogP contribution in [0.1, 0.15) is 25.7 Å². The van der Waals surface area contributed by atoms with Gasteiger partial charge in [-0.2, -0.15) is 0 Å². The molecule has 0 aromatic rings. The van der Waals surface area contributed by atoms with Crippen molar-refractivity contribution in [2.24, 2.45) is 11.8 Å². The fraction of sp³-hybridized carbons (Fsp3) is 0.917. The zero-order valence-corrected chi connectivity index (χ0v) is 9.91. The molecule has 0 bridgehead atoms. The van der Waals surface area contributed by atoms with Crippen LogP contribution in [0.25, 0.3) is 0 Å². The Morgan fingerprint density at radius 2 is 2.06 bits per heavy atom. The largest absolute Gasteiger partial charge is 0.469 e. The van der Waals surface area contributed by atoms with E-state index < -0.39 is 0 Å². The number of nitrogens with one attached hydrogen (secondary N) is 1. The number of esters is 1. The van der Waals surface area contributed by atoms with Gasteiger partial charge in [0, 0.05) is 25.8 Å². The molecule has 1 aliphatic heterocycles. The summed E-state index contributed by atoms with van der Waals surface area (Å²) < 4.78 is 10.2. The average molecular weight is 227 g/mol. The van der Waals surface area contributed by atoms with Gasteiger partial charge in [-0.05, 0) is 31.6 Å². The van der Waals surface area contributed by atoms with Crippen molar-refractivity contribution in [3.05, 3.63) is 0 Å². The van der Waals surface area contributed by atoms with E-state index in [0.717, 1.165) is 32.6 Å². The third-order valence-electron chi connectivity index (χ3n) is 3.54. The summed E-state index contributed by atoms with van der Waals surface area (Å²) in [5.74, 6) is 0.363. The third-order valence-corrected chi connectivity index (χ3v) is 3.54. The van der Waals surface area contributed by atoms with Gasteiger partial charge in [-0.3, -0.25) is 4.79 Å². The summed E-state index contributed by atoms with van der Waals surface area (Å²) in [6.45, 7) is 2.32. The Hall–Kier alpha value is -0.610. The summed E-state index contributed by atoms with van der Waals surface area (Å²) in [5.41, 5.74) is 0. The molecular weight excluding hydrogens is 206 g/mol. The number of methoxy groups -OCH3 is 1. The van der Waals surface area contributed by atoms with Crippen LogP contribution in [0.5, 0.6) is 0 Å². The molecule has 2 rings (SSSR count). The monoisotopic (exact) mass is 227 g/mol. The van der Waals surface area contributed by atoms with Crippen molar-refractivity contribution >= 4 is 5.97 Å². The van der Waals surface area contributed by atoms with Gasteiger partial charge in [-0.15, -0.1) is 0 Å². The van der Waals surface area contributed by atoms with Crippen molar-refractivity contribution in [1.82, 2.24) is 5.32 Å². The molecule has 0 aromatic heterocycles. The van der Waals surface area contributed by atoms with Crippen molar-refractivity contribution < 1.29 is 14.3 Å². The van der Waals surface area contributed by atoms with Crippen LogP contribution >= 0.6 is 0 Å². The van der Waals surface area contributed by atoms with Crippen molar-refractivity contribution in [3.8, 4) is 0 Å². The van der Waals surface area contributed by atoms with Gasteiger partial charge in [0.1, 0.15) is 0 Å². The standard InChI is InChI=1S/C12H21NO3/c1-15-12(14)11(8-13-10-2-3-10)9-4-6-16-7-5-9/h9-11,13H,2-8H2,1H3. The van der Waals surface area contributed by atoms with Crippen LogP contribution in [-0.2, 0) is 14.3 Å². The Kier molecular flexibility index (Phi) is 4.18. The Morgan fingerprint density at radius 1 is 1.38 bits per heavy atom. The summed E-state index contributed by atoms with van der Waals surface area (Å²) >= 11 is 0. The van der Waals surface area contributed by atoms with Gasteiger partial charge in [0.25, 0.3) is 0 Å². The van der Waals surface area contributed by atoms with Gasteiger partial charge < -0.3 is 14.8 Å². The van der Waals surface area contributed by atoms with Gasteiger partial charge in [-0.1, -0.05) is 0 Å². The number of carbonyl (C=O) groups excluding carboxylic acids is 1. The molecule has 16 heavy (non-hydrogen) atoms. The summed E-state index contributed by atoms with van der Waals surface area (Å²) in [7, 11) is 1.48. The minimum absolute atomic E-state index is 0.00880. The highest BCUT2D eigenvalue weighted by Gasteiger charge is 2.32. The molecule has 1 heterocycles. The van der Waals surface area contributed by atoms with Gasteiger partial charge in [0.2, 0.25) is 0 Å². The topological polar surface area (TPSA) is 47.6 Å². The second-order valence-corrected chi connectivity index (χ2v) is 4.76. The van der Waals surface area contributed by atoms with Crippen LogP contribution in [0.4, 0.5) is 0 Å². The van der Waals surface area contributed by atoms with Crippen molar-refractivity contribution in [2.45, 2.75) is 31.7 Å². The van der Waals surface area contributed by atoms with E-state index in [9.17, 15) is 4.79 Å². The lowest BCUT2D eigenvalue weighted by atomic mass is 9.86. The van der Waals surface area contributed by atoms with E-state index in [1.807, 2.05) is 0 Å². The molecule has 0 aromatic carbocycles. The van der Waals surface area contributed by atoms with Crippen molar-refractivity contribution in [2.75, 3.05) is 26.9 Å².